The molecule has 0 aromatic heterocycles. The molecule has 3 rings (SSSR count). The van der Waals surface area contributed by atoms with Gasteiger partial charge < -0.3 is 10.6 Å². The Morgan fingerprint density at radius 2 is 1.96 bits per heavy atom. The lowest BCUT2D eigenvalue weighted by molar-refractivity contribution is -0.122. The van der Waals surface area contributed by atoms with Gasteiger partial charge in [0.1, 0.15) is 5.25 Å². The van der Waals surface area contributed by atoms with Crippen molar-refractivity contribution in [3.8, 4) is 0 Å². The molecule has 0 aliphatic carbocycles. The van der Waals surface area contributed by atoms with Crippen LogP contribution in [0, 0.1) is 6.92 Å². The topological polar surface area (TPSA) is 70.6 Å². The number of amides is 2. The van der Waals surface area contributed by atoms with Crippen molar-refractivity contribution in [2.45, 2.75) is 18.6 Å². The lowest BCUT2D eigenvalue weighted by Gasteiger charge is -2.08. The van der Waals surface area contributed by atoms with E-state index >= 15 is 0 Å². The number of nitrogens with zero attached hydrogens (tertiary/aromatic N) is 1. The van der Waals surface area contributed by atoms with Crippen molar-refractivity contribution in [2.24, 2.45) is 4.99 Å². The fourth-order valence-corrected chi connectivity index (χ4v) is 3.43. The van der Waals surface area contributed by atoms with Crippen LogP contribution in [0.1, 0.15) is 12.0 Å². The Morgan fingerprint density at radius 3 is 2.68 bits per heavy atom. The van der Waals surface area contributed by atoms with Crippen molar-refractivity contribution in [1.29, 1.82) is 0 Å². The summed E-state index contributed by atoms with van der Waals surface area (Å²) in [5.74, 6) is -0.484. The number of aryl methyl sites for hydroxylation is 1. The first-order chi connectivity index (χ1) is 12.0. The first-order valence-electron chi connectivity index (χ1n) is 7.68. The summed E-state index contributed by atoms with van der Waals surface area (Å²) < 4.78 is 0. The predicted octanol–water partition coefficient (Wildman–Crippen LogP) is 3.90. The number of aliphatic imine (C=N–C) groups is 1. The SMILES string of the molecule is Cc1ccc(N=C2NC(=O)[C@@H](CC(=O)Nc3ccccc3Cl)S2)cc1. The van der Waals surface area contributed by atoms with Gasteiger partial charge in [-0.1, -0.05) is 53.2 Å². The largest absolute Gasteiger partial charge is 0.325 e. The molecule has 1 fully saturated rings. The summed E-state index contributed by atoms with van der Waals surface area (Å²) in [6, 6.07) is 14.6. The Morgan fingerprint density at radius 1 is 1.24 bits per heavy atom. The zero-order chi connectivity index (χ0) is 17.8. The lowest BCUT2D eigenvalue weighted by Crippen LogP contribution is -2.28. The van der Waals surface area contributed by atoms with E-state index in [0.717, 1.165) is 11.3 Å². The number of nitrogens with one attached hydrogen (secondary N) is 2. The molecule has 1 aliphatic rings. The molecule has 128 valence electrons. The van der Waals surface area contributed by atoms with E-state index in [9.17, 15) is 9.59 Å². The fraction of sp³-hybridized carbons (Fsp3) is 0.167. The van der Waals surface area contributed by atoms with Crippen LogP contribution < -0.4 is 10.6 Å². The zero-order valence-electron chi connectivity index (χ0n) is 13.5. The van der Waals surface area contributed by atoms with Gasteiger partial charge in [0, 0.05) is 6.42 Å². The lowest BCUT2D eigenvalue weighted by atomic mass is 10.2. The minimum atomic E-state index is -0.508. The number of para-hydroxylation sites is 1. The third-order valence-electron chi connectivity index (χ3n) is 3.56. The van der Waals surface area contributed by atoms with Crippen LogP contribution in [0.25, 0.3) is 0 Å². The normalized spacial score (nSPS) is 18.2. The maximum absolute atomic E-state index is 12.2. The molecule has 0 bridgehead atoms. The number of halogens is 1. The molecule has 0 radical (unpaired) electrons. The van der Waals surface area contributed by atoms with Gasteiger partial charge in [0.2, 0.25) is 11.8 Å². The number of hydrogen-bond donors (Lipinski definition) is 2. The summed E-state index contributed by atoms with van der Waals surface area (Å²) in [6.45, 7) is 2.00. The van der Waals surface area contributed by atoms with E-state index in [1.807, 2.05) is 31.2 Å². The highest BCUT2D eigenvalue weighted by Crippen LogP contribution is 2.26. The second kappa shape index (κ2) is 7.72. The number of benzene rings is 2. The summed E-state index contributed by atoms with van der Waals surface area (Å²) >= 11 is 7.28. The van der Waals surface area contributed by atoms with Gasteiger partial charge in [0.15, 0.2) is 5.17 Å². The molecule has 5 nitrogen and oxygen atoms in total. The predicted molar refractivity (Wildman–Crippen MR) is 102 cm³/mol. The Balaban J connectivity index is 1.62. The van der Waals surface area contributed by atoms with E-state index in [0.29, 0.717) is 15.9 Å². The van der Waals surface area contributed by atoms with Crippen molar-refractivity contribution in [3.05, 3.63) is 59.1 Å². The molecule has 2 aromatic carbocycles. The van der Waals surface area contributed by atoms with Gasteiger partial charge in [-0.2, -0.15) is 0 Å². The summed E-state index contributed by atoms with van der Waals surface area (Å²) in [7, 11) is 0. The van der Waals surface area contributed by atoms with Crippen LogP contribution in [-0.4, -0.2) is 22.2 Å². The summed E-state index contributed by atoms with van der Waals surface area (Å²) in [5.41, 5.74) is 2.43. The minimum Gasteiger partial charge on any atom is -0.325 e. The van der Waals surface area contributed by atoms with Gasteiger partial charge in [0.25, 0.3) is 0 Å². The molecule has 1 atom stereocenters. The van der Waals surface area contributed by atoms with Gasteiger partial charge in [-0.15, -0.1) is 0 Å². The van der Waals surface area contributed by atoms with Gasteiger partial charge in [-0.3, -0.25) is 9.59 Å². The first kappa shape index (κ1) is 17.5. The summed E-state index contributed by atoms with van der Waals surface area (Å²) in [4.78, 5) is 28.6. The molecule has 2 aromatic rings. The summed E-state index contributed by atoms with van der Waals surface area (Å²) in [5, 5.41) is 5.90. The maximum Gasteiger partial charge on any atom is 0.240 e. The molecule has 1 aliphatic heterocycles. The second-order valence-electron chi connectivity index (χ2n) is 5.58. The number of thioether (sulfide) groups is 1. The zero-order valence-corrected chi connectivity index (χ0v) is 15.0. The Bertz CT molecular complexity index is 836. The van der Waals surface area contributed by atoms with Gasteiger partial charge >= 0.3 is 0 Å². The number of anilines is 1. The second-order valence-corrected chi connectivity index (χ2v) is 7.18. The smallest absolute Gasteiger partial charge is 0.240 e. The van der Waals surface area contributed by atoms with Gasteiger partial charge in [-0.25, -0.2) is 4.99 Å². The highest BCUT2D eigenvalue weighted by atomic mass is 35.5. The first-order valence-corrected chi connectivity index (χ1v) is 8.94. The highest BCUT2D eigenvalue weighted by molar-refractivity contribution is 8.15. The van der Waals surface area contributed by atoms with E-state index in [4.69, 9.17) is 11.6 Å². The highest BCUT2D eigenvalue weighted by Gasteiger charge is 2.32. The third-order valence-corrected chi connectivity index (χ3v) is 4.97. The van der Waals surface area contributed by atoms with Gasteiger partial charge in [-0.05, 0) is 31.2 Å². The van der Waals surface area contributed by atoms with Crippen LogP contribution in [0.3, 0.4) is 0 Å². The van der Waals surface area contributed by atoms with Crippen molar-refractivity contribution < 1.29 is 9.59 Å². The van der Waals surface area contributed by atoms with Crippen LogP contribution in [0.15, 0.2) is 53.5 Å². The number of hydrogen-bond acceptors (Lipinski definition) is 4. The molecule has 1 heterocycles. The molecule has 1 saturated heterocycles. The van der Waals surface area contributed by atoms with Crippen LogP contribution in [0.4, 0.5) is 11.4 Å². The maximum atomic E-state index is 12.2. The molecule has 0 spiro atoms. The average Bonchev–Trinajstić information content (AvgIpc) is 2.91. The average molecular weight is 374 g/mol. The van der Waals surface area contributed by atoms with Crippen LogP contribution in [-0.2, 0) is 9.59 Å². The van der Waals surface area contributed by atoms with Gasteiger partial charge in [0.05, 0.1) is 16.4 Å². The number of rotatable bonds is 4. The van der Waals surface area contributed by atoms with E-state index in [1.165, 1.54) is 11.8 Å². The number of carbonyl (C=O) groups is 2. The third kappa shape index (κ3) is 4.61. The van der Waals surface area contributed by atoms with E-state index in [1.54, 1.807) is 24.3 Å². The van der Waals surface area contributed by atoms with E-state index in [-0.39, 0.29) is 18.2 Å². The molecular weight excluding hydrogens is 358 g/mol. The Kier molecular flexibility index (Phi) is 5.40. The van der Waals surface area contributed by atoms with E-state index in [2.05, 4.69) is 15.6 Å². The van der Waals surface area contributed by atoms with Crippen molar-refractivity contribution >= 4 is 51.7 Å². The molecule has 7 heteroatoms. The molecule has 0 saturated carbocycles. The minimum absolute atomic E-state index is 0.0502. The Labute approximate surface area is 154 Å². The quantitative estimate of drug-likeness (QED) is 0.853. The van der Waals surface area contributed by atoms with Crippen LogP contribution in [0.5, 0.6) is 0 Å². The monoisotopic (exact) mass is 373 g/mol. The molecule has 2 amide bonds. The molecule has 2 N–H and O–H groups in total. The number of amidine groups is 1. The van der Waals surface area contributed by atoms with Crippen LogP contribution >= 0.6 is 23.4 Å². The molecule has 25 heavy (non-hydrogen) atoms. The number of carbonyl (C=O) groups excluding carboxylic acids is 2. The van der Waals surface area contributed by atoms with Crippen molar-refractivity contribution in [3.63, 3.8) is 0 Å². The molecule has 0 unspecified atom stereocenters. The summed E-state index contributed by atoms with van der Waals surface area (Å²) in [6.07, 6.45) is 0.0502. The Hall–Kier alpha value is -2.31. The van der Waals surface area contributed by atoms with Crippen molar-refractivity contribution in [1.82, 2.24) is 5.32 Å². The standard InChI is InChI=1S/C18H16ClN3O2S/c1-11-6-8-12(9-7-11)20-18-22-17(24)15(25-18)10-16(23)21-14-5-3-2-4-13(14)19/h2-9,15H,10H2,1H3,(H,21,23)(H,20,22,24)/t15-/m1/s1. The van der Waals surface area contributed by atoms with Crippen LogP contribution in [0.2, 0.25) is 5.02 Å². The van der Waals surface area contributed by atoms with E-state index < -0.39 is 5.25 Å². The fourth-order valence-electron chi connectivity index (χ4n) is 2.26. The van der Waals surface area contributed by atoms with Crippen molar-refractivity contribution in [2.75, 3.05) is 5.32 Å². The molecular formula is C18H16ClN3O2S.